The van der Waals surface area contributed by atoms with Crippen molar-refractivity contribution in [2.45, 2.75) is 11.4 Å². The minimum Gasteiger partial charge on any atom is -0.465 e. The van der Waals surface area contributed by atoms with E-state index in [1.54, 1.807) is 6.92 Å². The molecule has 0 amide bonds. The van der Waals surface area contributed by atoms with Crippen LogP contribution < -0.4 is 0 Å². The molecule has 1 aromatic rings. The third-order valence-electron chi connectivity index (χ3n) is 2.08. The number of ether oxygens (including phenoxy) is 1. The molecule has 0 aromatic heterocycles. The Balaban J connectivity index is 3.20. The van der Waals surface area contributed by atoms with Gasteiger partial charge in [0.05, 0.1) is 17.2 Å². The summed E-state index contributed by atoms with van der Waals surface area (Å²) in [6, 6.07) is 1.45. The lowest BCUT2D eigenvalue weighted by atomic mass is 10.2. The van der Waals surface area contributed by atoms with Crippen LogP contribution in [0.5, 0.6) is 0 Å². The Bertz CT molecular complexity index is 545. The number of halogens is 5. The van der Waals surface area contributed by atoms with Crippen LogP contribution in [0.15, 0.2) is 16.3 Å². The zero-order valence-electron chi connectivity index (χ0n) is 9.68. The van der Waals surface area contributed by atoms with E-state index in [1.807, 2.05) is 0 Å². The molecule has 0 radical (unpaired) electrons. The monoisotopic (exact) mass is 362 g/mol. The second-order valence-electron chi connectivity index (χ2n) is 3.36. The van der Waals surface area contributed by atoms with Crippen molar-refractivity contribution in [3.05, 3.63) is 26.7 Å². The number of carbonyl (C=O) groups is 1. The average molecular weight is 364 g/mol. The van der Waals surface area contributed by atoms with E-state index in [2.05, 4.69) is 15.0 Å². The molecular formula is C10H7Cl5N2O2. The van der Waals surface area contributed by atoms with Gasteiger partial charge in [-0.05, 0) is 18.6 Å². The number of alkyl halides is 2. The van der Waals surface area contributed by atoms with Gasteiger partial charge in [-0.1, -0.05) is 58.0 Å². The quantitative estimate of drug-likeness (QED) is 0.314. The van der Waals surface area contributed by atoms with Gasteiger partial charge in [0.15, 0.2) is 0 Å². The van der Waals surface area contributed by atoms with Crippen molar-refractivity contribution in [2.24, 2.45) is 10.2 Å². The van der Waals surface area contributed by atoms with Crippen molar-refractivity contribution in [2.75, 3.05) is 7.11 Å². The van der Waals surface area contributed by atoms with Crippen molar-refractivity contribution < 1.29 is 9.53 Å². The van der Waals surface area contributed by atoms with Gasteiger partial charge >= 0.3 is 10.4 Å². The van der Waals surface area contributed by atoms with Crippen LogP contribution in [0.2, 0.25) is 15.1 Å². The summed E-state index contributed by atoms with van der Waals surface area (Å²) in [7, 11) is 1.11. The van der Waals surface area contributed by atoms with E-state index in [9.17, 15) is 4.79 Å². The Morgan fingerprint density at radius 2 is 1.84 bits per heavy atom. The van der Waals surface area contributed by atoms with Crippen LogP contribution in [0.4, 0.5) is 5.69 Å². The molecule has 0 heterocycles. The number of esters is 1. The smallest absolute Gasteiger partial charge is 0.367 e. The van der Waals surface area contributed by atoms with Crippen LogP contribution in [-0.4, -0.2) is 17.5 Å². The van der Waals surface area contributed by atoms with Crippen molar-refractivity contribution in [1.82, 2.24) is 0 Å². The average Bonchev–Trinajstić information content (AvgIpc) is 2.34. The number of benzene rings is 1. The molecule has 0 N–H and O–H groups in total. The fourth-order valence-electron chi connectivity index (χ4n) is 1.04. The highest BCUT2D eigenvalue weighted by atomic mass is 35.5. The van der Waals surface area contributed by atoms with Gasteiger partial charge in [0.2, 0.25) is 0 Å². The molecule has 1 aromatic carbocycles. The molecule has 1 rings (SSSR count). The molecule has 0 bridgehead atoms. The van der Waals surface area contributed by atoms with Gasteiger partial charge < -0.3 is 4.74 Å². The van der Waals surface area contributed by atoms with E-state index in [0.717, 1.165) is 7.11 Å². The molecule has 4 nitrogen and oxygen atoms in total. The van der Waals surface area contributed by atoms with Crippen molar-refractivity contribution in [1.29, 1.82) is 0 Å². The first-order valence-corrected chi connectivity index (χ1v) is 6.63. The number of carbonyl (C=O) groups excluding carboxylic acids is 1. The van der Waals surface area contributed by atoms with Crippen LogP contribution >= 0.6 is 58.0 Å². The van der Waals surface area contributed by atoms with E-state index >= 15 is 0 Å². The van der Waals surface area contributed by atoms with Gasteiger partial charge in [-0.15, -0.1) is 10.2 Å². The van der Waals surface area contributed by atoms with Gasteiger partial charge in [-0.2, -0.15) is 0 Å². The second-order valence-corrected chi connectivity index (χ2v) is 5.84. The second kappa shape index (κ2) is 6.46. The van der Waals surface area contributed by atoms with Gasteiger partial charge in [-0.25, -0.2) is 4.79 Å². The Labute approximate surface area is 134 Å². The van der Waals surface area contributed by atoms with E-state index < -0.39 is 10.4 Å². The first kappa shape index (κ1) is 16.8. The molecule has 0 aliphatic carbocycles. The fraction of sp³-hybridized carbons (Fsp3) is 0.300. The maximum Gasteiger partial charge on any atom is 0.367 e. The van der Waals surface area contributed by atoms with Gasteiger partial charge in [0.25, 0.3) is 0 Å². The summed E-state index contributed by atoms with van der Waals surface area (Å²) in [5.74, 6) is -0.975. The Morgan fingerprint density at radius 1 is 1.26 bits per heavy atom. The number of nitrogens with zero attached hydrogens (tertiary/aromatic N) is 2. The minimum atomic E-state index is -2.17. The highest BCUT2D eigenvalue weighted by molar-refractivity contribution is 6.57. The van der Waals surface area contributed by atoms with E-state index in [4.69, 9.17) is 58.0 Å². The SMILES string of the molecule is COC(=O)C(Cl)(Cl)N=Nc1c(Cl)cc(Cl)c(C)c1Cl. The number of rotatable bonds is 3. The maximum atomic E-state index is 11.2. The fourth-order valence-corrected chi connectivity index (χ4v) is 2.11. The molecule has 0 aliphatic rings. The third kappa shape index (κ3) is 3.86. The highest BCUT2D eigenvalue weighted by Crippen LogP contribution is 2.40. The lowest BCUT2D eigenvalue weighted by molar-refractivity contribution is -0.141. The number of hydrogen-bond donors (Lipinski definition) is 0. The molecule has 0 fully saturated rings. The summed E-state index contributed by atoms with van der Waals surface area (Å²) in [5, 5.41) is 7.87. The summed E-state index contributed by atoms with van der Waals surface area (Å²) in [4.78, 5) is 11.2. The van der Waals surface area contributed by atoms with E-state index in [-0.39, 0.29) is 15.7 Å². The summed E-state index contributed by atoms with van der Waals surface area (Å²) >= 11 is 29.1. The van der Waals surface area contributed by atoms with Crippen molar-refractivity contribution in [3.63, 3.8) is 0 Å². The number of azo groups is 1. The summed E-state index contributed by atoms with van der Waals surface area (Å²) in [6.45, 7) is 1.68. The van der Waals surface area contributed by atoms with E-state index in [1.165, 1.54) is 6.07 Å². The molecule has 0 aliphatic heterocycles. The summed E-state index contributed by atoms with van der Waals surface area (Å²) in [6.07, 6.45) is 0. The first-order chi connectivity index (χ1) is 8.70. The zero-order chi connectivity index (χ0) is 14.8. The van der Waals surface area contributed by atoms with Crippen LogP contribution in [0.25, 0.3) is 0 Å². The molecule has 0 spiro atoms. The maximum absolute atomic E-state index is 11.2. The lowest BCUT2D eigenvalue weighted by Crippen LogP contribution is -2.24. The molecule has 19 heavy (non-hydrogen) atoms. The number of methoxy groups -OCH3 is 1. The van der Waals surface area contributed by atoms with Crippen molar-refractivity contribution in [3.8, 4) is 0 Å². The third-order valence-corrected chi connectivity index (χ3v) is 3.68. The summed E-state index contributed by atoms with van der Waals surface area (Å²) in [5.41, 5.74) is 0.675. The highest BCUT2D eigenvalue weighted by Gasteiger charge is 2.35. The van der Waals surface area contributed by atoms with E-state index in [0.29, 0.717) is 10.6 Å². The summed E-state index contributed by atoms with van der Waals surface area (Å²) < 4.78 is 2.19. The largest absolute Gasteiger partial charge is 0.465 e. The van der Waals surface area contributed by atoms with Gasteiger partial charge in [-0.3, -0.25) is 0 Å². The van der Waals surface area contributed by atoms with Crippen LogP contribution in [0, 0.1) is 6.92 Å². The molecule has 9 heteroatoms. The Hall–Kier alpha value is -0.260. The molecule has 0 atom stereocenters. The van der Waals surface area contributed by atoms with Crippen LogP contribution in [0.3, 0.4) is 0 Å². The zero-order valence-corrected chi connectivity index (χ0v) is 13.5. The molecule has 104 valence electrons. The standard InChI is InChI=1S/C10H7Cl5N2O2/c1-4-5(11)3-6(12)8(7(4)13)16-17-10(14,15)9(18)19-2/h3H,1-2H3. The predicted octanol–water partition coefficient (Wildman–Crippen LogP) is 5.34. The molecule has 0 unspecified atom stereocenters. The molecule has 0 saturated heterocycles. The molecular weight excluding hydrogens is 357 g/mol. The first-order valence-electron chi connectivity index (χ1n) is 4.74. The minimum absolute atomic E-state index is 0.111. The molecule has 0 saturated carbocycles. The van der Waals surface area contributed by atoms with Crippen molar-refractivity contribution >= 4 is 69.7 Å². The Morgan fingerprint density at radius 3 is 2.37 bits per heavy atom. The van der Waals surface area contributed by atoms with Crippen LogP contribution in [-0.2, 0) is 9.53 Å². The Kier molecular flexibility index (Phi) is 5.71. The predicted molar refractivity (Wildman–Crippen MR) is 77.2 cm³/mol. The van der Waals surface area contributed by atoms with Gasteiger partial charge in [0, 0.05) is 5.02 Å². The topological polar surface area (TPSA) is 51.0 Å². The van der Waals surface area contributed by atoms with Gasteiger partial charge in [0.1, 0.15) is 5.69 Å². The normalized spacial score (nSPS) is 11.9. The number of hydrogen-bond acceptors (Lipinski definition) is 4. The van der Waals surface area contributed by atoms with Crippen LogP contribution in [0.1, 0.15) is 5.56 Å². The lowest BCUT2D eigenvalue weighted by Gasteiger charge is -2.10.